The largest absolute Gasteiger partial charge is 0.481 e. The summed E-state index contributed by atoms with van der Waals surface area (Å²) in [6.45, 7) is 7.20. The van der Waals surface area contributed by atoms with Gasteiger partial charge < -0.3 is 10.1 Å². The predicted molar refractivity (Wildman–Crippen MR) is 107 cm³/mol. The van der Waals surface area contributed by atoms with Crippen molar-refractivity contribution in [2.75, 3.05) is 5.32 Å². The first-order valence-corrected chi connectivity index (χ1v) is 9.04. The fourth-order valence-electron chi connectivity index (χ4n) is 2.32. The van der Waals surface area contributed by atoms with E-state index < -0.39 is 17.9 Å². The first kappa shape index (κ1) is 21.0. The first-order valence-electron chi connectivity index (χ1n) is 9.04. The van der Waals surface area contributed by atoms with Crippen molar-refractivity contribution >= 4 is 23.4 Å². The second-order valence-electron chi connectivity index (χ2n) is 6.45. The van der Waals surface area contributed by atoms with Crippen LogP contribution in [0, 0.1) is 13.8 Å². The zero-order valence-electron chi connectivity index (χ0n) is 16.5. The maximum atomic E-state index is 12.2. The molecule has 0 saturated carbocycles. The molecule has 7 heteroatoms. The van der Waals surface area contributed by atoms with E-state index in [1.54, 1.807) is 38.1 Å². The molecule has 2 aromatic carbocycles. The lowest BCUT2D eigenvalue weighted by Gasteiger charge is -2.17. The molecule has 148 valence electrons. The Morgan fingerprint density at radius 2 is 1.68 bits per heavy atom. The van der Waals surface area contributed by atoms with Gasteiger partial charge in [-0.2, -0.15) is 0 Å². The smallest absolute Gasteiger partial charge is 0.279 e. The molecule has 2 rings (SSSR count). The van der Waals surface area contributed by atoms with Gasteiger partial charge in [0.15, 0.2) is 6.10 Å². The highest BCUT2D eigenvalue weighted by Gasteiger charge is 2.17. The van der Waals surface area contributed by atoms with Gasteiger partial charge in [0, 0.05) is 17.7 Å². The van der Waals surface area contributed by atoms with Crippen LogP contribution in [-0.2, 0) is 9.59 Å². The van der Waals surface area contributed by atoms with E-state index in [1.165, 1.54) is 0 Å². The lowest BCUT2D eigenvalue weighted by atomic mass is 10.1. The van der Waals surface area contributed by atoms with Gasteiger partial charge in [0.2, 0.25) is 5.91 Å². The molecule has 0 aromatic heterocycles. The summed E-state index contributed by atoms with van der Waals surface area (Å²) in [4.78, 5) is 35.7. The van der Waals surface area contributed by atoms with Crippen LogP contribution in [0.4, 0.5) is 5.69 Å². The van der Waals surface area contributed by atoms with Crippen LogP contribution < -0.4 is 20.9 Å². The third-order valence-corrected chi connectivity index (χ3v) is 4.07. The number of carbonyl (C=O) groups is 3. The van der Waals surface area contributed by atoms with Gasteiger partial charge in [-0.25, -0.2) is 0 Å². The van der Waals surface area contributed by atoms with Crippen LogP contribution in [0.5, 0.6) is 5.75 Å². The lowest BCUT2D eigenvalue weighted by Crippen LogP contribution is -2.47. The Balaban J connectivity index is 1.88. The highest BCUT2D eigenvalue weighted by Crippen LogP contribution is 2.20. The molecule has 0 fully saturated rings. The lowest BCUT2D eigenvalue weighted by molar-refractivity contribution is -0.128. The van der Waals surface area contributed by atoms with Crippen molar-refractivity contribution in [3.05, 3.63) is 59.2 Å². The number of hydrogen-bond acceptors (Lipinski definition) is 4. The van der Waals surface area contributed by atoms with Crippen LogP contribution >= 0.6 is 0 Å². The molecule has 3 N–H and O–H groups in total. The second-order valence-corrected chi connectivity index (χ2v) is 6.45. The van der Waals surface area contributed by atoms with E-state index in [-0.39, 0.29) is 5.91 Å². The molecular formula is C21H25N3O4. The third-order valence-electron chi connectivity index (χ3n) is 4.07. The zero-order valence-corrected chi connectivity index (χ0v) is 16.5. The van der Waals surface area contributed by atoms with Crippen molar-refractivity contribution in [3.8, 4) is 5.75 Å². The molecular weight excluding hydrogens is 358 g/mol. The van der Waals surface area contributed by atoms with Crippen molar-refractivity contribution in [3.63, 3.8) is 0 Å². The molecule has 0 aliphatic carbocycles. The number of carbonyl (C=O) groups excluding carboxylic acids is 3. The molecule has 0 heterocycles. The van der Waals surface area contributed by atoms with Crippen molar-refractivity contribution in [2.45, 2.75) is 40.2 Å². The van der Waals surface area contributed by atoms with E-state index in [0.29, 0.717) is 23.4 Å². The Morgan fingerprint density at radius 3 is 2.32 bits per heavy atom. The van der Waals surface area contributed by atoms with Crippen molar-refractivity contribution in [2.24, 2.45) is 0 Å². The number of anilines is 1. The maximum Gasteiger partial charge on any atom is 0.279 e. The Labute approximate surface area is 164 Å². The molecule has 1 unspecified atom stereocenters. The van der Waals surface area contributed by atoms with Gasteiger partial charge in [-0.05, 0) is 62.2 Å². The third kappa shape index (κ3) is 5.84. The normalized spacial score (nSPS) is 11.3. The van der Waals surface area contributed by atoms with Gasteiger partial charge in [0.25, 0.3) is 11.8 Å². The fraction of sp³-hybridized carbons (Fsp3) is 0.286. The van der Waals surface area contributed by atoms with Crippen molar-refractivity contribution in [1.29, 1.82) is 0 Å². The molecule has 2 aromatic rings. The minimum atomic E-state index is -0.785. The van der Waals surface area contributed by atoms with Crippen LogP contribution in [0.2, 0.25) is 0 Å². The number of hydrazine groups is 1. The number of amides is 3. The number of benzene rings is 2. The molecule has 28 heavy (non-hydrogen) atoms. The molecule has 7 nitrogen and oxygen atoms in total. The summed E-state index contributed by atoms with van der Waals surface area (Å²) >= 11 is 0. The van der Waals surface area contributed by atoms with Crippen LogP contribution in [0.15, 0.2) is 42.5 Å². The molecule has 0 radical (unpaired) electrons. The monoisotopic (exact) mass is 383 g/mol. The van der Waals surface area contributed by atoms with Crippen molar-refractivity contribution in [1.82, 2.24) is 10.9 Å². The standard InChI is InChI=1S/C21H25N3O4/c1-5-19(25)22-17-10-8-16(9-11-17)21(27)24-23-20(26)15(4)28-18-12-13(2)6-7-14(18)3/h6-12,15H,5H2,1-4H3,(H,22,25)(H,23,26)(H,24,27). The quantitative estimate of drug-likeness (QED) is 0.668. The zero-order chi connectivity index (χ0) is 20.7. The average Bonchev–Trinajstić information content (AvgIpc) is 2.69. The number of ether oxygens (including phenoxy) is 1. The van der Waals surface area contributed by atoms with Gasteiger partial charge in [-0.15, -0.1) is 0 Å². The molecule has 0 saturated heterocycles. The number of aryl methyl sites for hydroxylation is 2. The summed E-state index contributed by atoms with van der Waals surface area (Å²) in [7, 11) is 0. The molecule has 3 amide bonds. The van der Waals surface area contributed by atoms with E-state index in [2.05, 4.69) is 16.2 Å². The number of rotatable bonds is 6. The van der Waals surface area contributed by atoms with E-state index >= 15 is 0 Å². The van der Waals surface area contributed by atoms with Crippen LogP contribution in [-0.4, -0.2) is 23.8 Å². The average molecular weight is 383 g/mol. The summed E-state index contributed by atoms with van der Waals surface area (Å²) in [6.07, 6.45) is -0.413. The Morgan fingerprint density at radius 1 is 1.00 bits per heavy atom. The second kappa shape index (κ2) is 9.55. The minimum Gasteiger partial charge on any atom is -0.481 e. The first-order chi connectivity index (χ1) is 13.3. The van der Waals surface area contributed by atoms with E-state index in [0.717, 1.165) is 11.1 Å². The van der Waals surface area contributed by atoms with Gasteiger partial charge >= 0.3 is 0 Å². The molecule has 0 aliphatic heterocycles. The highest BCUT2D eigenvalue weighted by atomic mass is 16.5. The molecule has 1 atom stereocenters. The minimum absolute atomic E-state index is 0.109. The predicted octanol–water partition coefficient (Wildman–Crippen LogP) is 2.88. The summed E-state index contributed by atoms with van der Waals surface area (Å²) in [5.74, 6) is -0.428. The van der Waals surface area contributed by atoms with E-state index in [4.69, 9.17) is 4.74 Å². The van der Waals surface area contributed by atoms with Gasteiger partial charge in [-0.3, -0.25) is 25.2 Å². The summed E-state index contributed by atoms with van der Waals surface area (Å²) in [5.41, 5.74) is 7.61. The van der Waals surface area contributed by atoms with Crippen molar-refractivity contribution < 1.29 is 19.1 Å². The summed E-state index contributed by atoms with van der Waals surface area (Å²) in [6, 6.07) is 12.1. The van der Waals surface area contributed by atoms with E-state index in [9.17, 15) is 14.4 Å². The van der Waals surface area contributed by atoms with E-state index in [1.807, 2.05) is 32.0 Å². The van der Waals surface area contributed by atoms with Crippen LogP contribution in [0.3, 0.4) is 0 Å². The highest BCUT2D eigenvalue weighted by molar-refractivity contribution is 5.97. The van der Waals surface area contributed by atoms with Crippen LogP contribution in [0.25, 0.3) is 0 Å². The Hall–Kier alpha value is -3.35. The maximum absolute atomic E-state index is 12.2. The fourth-order valence-corrected chi connectivity index (χ4v) is 2.32. The number of hydrogen-bond donors (Lipinski definition) is 3. The summed E-state index contributed by atoms with van der Waals surface area (Å²) < 4.78 is 5.69. The Bertz CT molecular complexity index is 862. The Kier molecular flexibility index (Phi) is 7.14. The SMILES string of the molecule is CCC(=O)Nc1ccc(C(=O)NNC(=O)C(C)Oc2cc(C)ccc2C)cc1. The molecule has 0 spiro atoms. The topological polar surface area (TPSA) is 96.5 Å². The van der Waals surface area contributed by atoms with Gasteiger partial charge in [-0.1, -0.05) is 19.1 Å². The molecule has 0 aliphatic rings. The van der Waals surface area contributed by atoms with Crippen LogP contribution in [0.1, 0.15) is 41.8 Å². The summed E-state index contributed by atoms with van der Waals surface area (Å²) in [5, 5.41) is 2.70. The number of nitrogens with one attached hydrogen (secondary N) is 3. The van der Waals surface area contributed by atoms with Gasteiger partial charge in [0.1, 0.15) is 5.75 Å². The van der Waals surface area contributed by atoms with Gasteiger partial charge in [0.05, 0.1) is 0 Å². The molecule has 0 bridgehead atoms.